The lowest BCUT2D eigenvalue weighted by Gasteiger charge is -2.16. The van der Waals surface area contributed by atoms with Crippen LogP contribution in [-0.4, -0.2) is 5.78 Å². The average Bonchev–Trinajstić information content (AvgIpc) is 2.52. The van der Waals surface area contributed by atoms with E-state index in [1.54, 1.807) is 6.92 Å². The van der Waals surface area contributed by atoms with E-state index in [0.29, 0.717) is 5.78 Å². The van der Waals surface area contributed by atoms with Crippen molar-refractivity contribution in [2.24, 2.45) is 17.8 Å². The van der Waals surface area contributed by atoms with E-state index in [-0.39, 0.29) is 0 Å². The molecule has 3 atom stereocenters. The Morgan fingerprint density at radius 3 is 2.83 bits per heavy atom. The number of hydrogen-bond donors (Lipinski definition) is 0. The molecule has 0 aromatic rings. The SMILES string of the molecule is CC(=O)C[C@@H]1CC[C@H]2CCC[C@H]21. The molecule has 2 rings (SSSR count). The molecule has 0 heterocycles. The lowest BCUT2D eigenvalue weighted by atomic mass is 9.88. The molecule has 0 N–H and O–H groups in total. The molecule has 0 aromatic carbocycles. The van der Waals surface area contributed by atoms with Crippen LogP contribution in [0.4, 0.5) is 0 Å². The summed E-state index contributed by atoms with van der Waals surface area (Å²) < 4.78 is 0. The molecule has 0 aliphatic heterocycles. The molecular weight excluding hydrogens is 148 g/mol. The van der Waals surface area contributed by atoms with Crippen LogP contribution in [0.2, 0.25) is 0 Å². The quantitative estimate of drug-likeness (QED) is 0.616. The minimum atomic E-state index is 0.396. The van der Waals surface area contributed by atoms with Crippen molar-refractivity contribution in [1.29, 1.82) is 0 Å². The van der Waals surface area contributed by atoms with Crippen LogP contribution >= 0.6 is 0 Å². The largest absolute Gasteiger partial charge is 0.300 e. The summed E-state index contributed by atoms with van der Waals surface area (Å²) in [4.78, 5) is 11.0. The molecule has 0 spiro atoms. The van der Waals surface area contributed by atoms with Crippen molar-refractivity contribution in [2.45, 2.75) is 45.4 Å². The van der Waals surface area contributed by atoms with Crippen molar-refractivity contribution in [3.63, 3.8) is 0 Å². The molecule has 0 saturated heterocycles. The van der Waals surface area contributed by atoms with Gasteiger partial charge in [-0.1, -0.05) is 12.8 Å². The third kappa shape index (κ3) is 1.41. The number of Topliss-reactive ketones (excluding diaryl/α,β-unsaturated/α-hetero) is 1. The van der Waals surface area contributed by atoms with Crippen molar-refractivity contribution < 1.29 is 4.79 Å². The Hall–Kier alpha value is -0.330. The van der Waals surface area contributed by atoms with Gasteiger partial charge in [-0.15, -0.1) is 0 Å². The Bertz CT molecular complexity index is 185. The zero-order chi connectivity index (χ0) is 8.55. The summed E-state index contributed by atoms with van der Waals surface area (Å²) >= 11 is 0. The van der Waals surface area contributed by atoms with Crippen molar-refractivity contribution >= 4 is 5.78 Å². The van der Waals surface area contributed by atoms with E-state index in [2.05, 4.69) is 0 Å². The van der Waals surface area contributed by atoms with Crippen LogP contribution in [0.1, 0.15) is 45.4 Å². The maximum absolute atomic E-state index is 11.0. The monoisotopic (exact) mass is 166 g/mol. The highest BCUT2D eigenvalue weighted by Crippen LogP contribution is 2.48. The predicted octanol–water partition coefficient (Wildman–Crippen LogP) is 2.79. The van der Waals surface area contributed by atoms with Gasteiger partial charge in [-0.2, -0.15) is 0 Å². The summed E-state index contributed by atoms with van der Waals surface area (Å²) in [6, 6.07) is 0. The highest BCUT2D eigenvalue weighted by Gasteiger charge is 2.38. The summed E-state index contributed by atoms with van der Waals surface area (Å²) in [7, 11) is 0. The third-order valence-electron chi connectivity index (χ3n) is 3.78. The fourth-order valence-electron chi connectivity index (χ4n) is 3.31. The van der Waals surface area contributed by atoms with Gasteiger partial charge in [0.25, 0.3) is 0 Å². The first-order chi connectivity index (χ1) is 5.77. The topological polar surface area (TPSA) is 17.1 Å². The van der Waals surface area contributed by atoms with E-state index >= 15 is 0 Å². The van der Waals surface area contributed by atoms with Gasteiger partial charge >= 0.3 is 0 Å². The molecule has 0 bridgehead atoms. The lowest BCUT2D eigenvalue weighted by molar-refractivity contribution is -0.118. The number of hydrogen-bond acceptors (Lipinski definition) is 1. The molecule has 0 aromatic heterocycles. The van der Waals surface area contributed by atoms with E-state index < -0.39 is 0 Å². The van der Waals surface area contributed by atoms with Gasteiger partial charge in [0.05, 0.1) is 0 Å². The Kier molecular flexibility index (Phi) is 2.20. The third-order valence-corrected chi connectivity index (χ3v) is 3.78. The zero-order valence-electron chi connectivity index (χ0n) is 7.88. The first kappa shape index (κ1) is 8.28. The van der Waals surface area contributed by atoms with Crippen LogP contribution in [0.25, 0.3) is 0 Å². The number of carbonyl (C=O) groups excluding carboxylic acids is 1. The molecule has 1 heteroatoms. The van der Waals surface area contributed by atoms with Crippen LogP contribution in [0.15, 0.2) is 0 Å². The predicted molar refractivity (Wildman–Crippen MR) is 48.9 cm³/mol. The first-order valence-corrected chi connectivity index (χ1v) is 5.27. The van der Waals surface area contributed by atoms with Crippen molar-refractivity contribution in [2.75, 3.05) is 0 Å². The average molecular weight is 166 g/mol. The fraction of sp³-hybridized carbons (Fsp3) is 0.909. The van der Waals surface area contributed by atoms with Gasteiger partial charge in [0.15, 0.2) is 0 Å². The second-order valence-electron chi connectivity index (χ2n) is 4.60. The minimum Gasteiger partial charge on any atom is -0.300 e. The maximum atomic E-state index is 11.0. The van der Waals surface area contributed by atoms with Gasteiger partial charge in [0.1, 0.15) is 5.78 Å². The Morgan fingerprint density at radius 1 is 1.25 bits per heavy atom. The van der Waals surface area contributed by atoms with E-state index in [4.69, 9.17) is 0 Å². The number of rotatable bonds is 2. The summed E-state index contributed by atoms with van der Waals surface area (Å²) in [5, 5.41) is 0. The molecule has 2 fully saturated rings. The molecule has 68 valence electrons. The summed E-state index contributed by atoms with van der Waals surface area (Å²) in [5.41, 5.74) is 0. The Balaban J connectivity index is 1.95. The first-order valence-electron chi connectivity index (χ1n) is 5.27. The van der Waals surface area contributed by atoms with Gasteiger partial charge in [-0.25, -0.2) is 0 Å². The summed E-state index contributed by atoms with van der Waals surface area (Å²) in [6.45, 7) is 1.74. The second kappa shape index (κ2) is 3.20. The van der Waals surface area contributed by atoms with Gasteiger partial charge in [0, 0.05) is 6.42 Å². The normalized spacial score (nSPS) is 39.9. The van der Waals surface area contributed by atoms with Crippen LogP contribution in [-0.2, 0) is 4.79 Å². The molecular formula is C11H18O. The minimum absolute atomic E-state index is 0.396. The van der Waals surface area contributed by atoms with E-state index in [1.165, 1.54) is 32.1 Å². The molecule has 1 nitrogen and oxygen atoms in total. The molecule has 2 aliphatic carbocycles. The van der Waals surface area contributed by atoms with Gasteiger partial charge < -0.3 is 4.79 Å². The fourth-order valence-corrected chi connectivity index (χ4v) is 3.31. The van der Waals surface area contributed by atoms with Crippen LogP contribution in [0.5, 0.6) is 0 Å². The molecule has 0 amide bonds. The number of ketones is 1. The number of fused-ring (bicyclic) bond motifs is 1. The van der Waals surface area contributed by atoms with Crippen molar-refractivity contribution in [3.8, 4) is 0 Å². The highest BCUT2D eigenvalue weighted by molar-refractivity contribution is 5.75. The molecule has 0 unspecified atom stereocenters. The summed E-state index contributed by atoms with van der Waals surface area (Å²) in [6.07, 6.45) is 7.87. The van der Waals surface area contributed by atoms with Crippen molar-refractivity contribution in [1.82, 2.24) is 0 Å². The molecule has 0 radical (unpaired) electrons. The Labute approximate surface area is 74.5 Å². The van der Waals surface area contributed by atoms with E-state index in [9.17, 15) is 4.79 Å². The lowest BCUT2D eigenvalue weighted by Crippen LogP contribution is -2.12. The zero-order valence-corrected chi connectivity index (χ0v) is 7.88. The standard InChI is InChI=1S/C11H18O/c1-8(12)7-10-6-5-9-3-2-4-11(9)10/h9-11H,2-7H2,1H3/t9-,10+,11-/m1/s1. The smallest absolute Gasteiger partial charge is 0.130 e. The van der Waals surface area contributed by atoms with Crippen LogP contribution in [0.3, 0.4) is 0 Å². The van der Waals surface area contributed by atoms with Crippen LogP contribution < -0.4 is 0 Å². The van der Waals surface area contributed by atoms with Gasteiger partial charge in [-0.3, -0.25) is 0 Å². The summed E-state index contributed by atoms with van der Waals surface area (Å²) in [5.74, 6) is 3.07. The maximum Gasteiger partial charge on any atom is 0.130 e. The van der Waals surface area contributed by atoms with E-state index in [0.717, 1.165) is 24.2 Å². The van der Waals surface area contributed by atoms with Gasteiger partial charge in [0.2, 0.25) is 0 Å². The van der Waals surface area contributed by atoms with Crippen LogP contribution in [0, 0.1) is 17.8 Å². The molecule has 12 heavy (non-hydrogen) atoms. The second-order valence-corrected chi connectivity index (χ2v) is 4.60. The molecule has 2 saturated carbocycles. The molecule has 2 aliphatic rings. The number of carbonyl (C=O) groups is 1. The highest BCUT2D eigenvalue weighted by atomic mass is 16.1. The van der Waals surface area contributed by atoms with Gasteiger partial charge in [-0.05, 0) is 43.9 Å². The Morgan fingerprint density at radius 2 is 2.08 bits per heavy atom. The van der Waals surface area contributed by atoms with E-state index in [1.807, 2.05) is 0 Å². The van der Waals surface area contributed by atoms with Crippen molar-refractivity contribution in [3.05, 3.63) is 0 Å².